The Morgan fingerprint density at radius 2 is 1.95 bits per heavy atom. The molecule has 3 rings (SSSR count). The number of rotatable bonds is 3. The molecule has 0 amide bonds. The molecule has 102 valence electrons. The number of aromatic nitrogens is 3. The van der Waals surface area contributed by atoms with Gasteiger partial charge < -0.3 is 0 Å². The van der Waals surface area contributed by atoms with Crippen LogP contribution in [-0.4, -0.2) is 15.0 Å². The van der Waals surface area contributed by atoms with Crippen LogP contribution in [0.25, 0.3) is 16.5 Å². The topological polar surface area (TPSA) is 30.7 Å². The first-order chi connectivity index (χ1) is 9.70. The van der Waals surface area contributed by atoms with Crippen molar-refractivity contribution in [2.45, 2.75) is 18.7 Å². The van der Waals surface area contributed by atoms with Gasteiger partial charge in [0.1, 0.15) is 5.69 Å². The van der Waals surface area contributed by atoms with Crippen LogP contribution < -0.4 is 0 Å². The van der Waals surface area contributed by atoms with E-state index in [-0.39, 0.29) is 5.38 Å². The first-order valence-electron chi connectivity index (χ1n) is 6.44. The molecule has 1 heterocycles. The maximum Gasteiger partial charge on any atom is 0.101 e. The molecule has 0 aliphatic carbocycles. The Morgan fingerprint density at radius 1 is 1.20 bits per heavy atom. The van der Waals surface area contributed by atoms with Crippen LogP contribution in [0.2, 0.25) is 0 Å². The van der Waals surface area contributed by atoms with Gasteiger partial charge in [-0.25, -0.2) is 4.68 Å². The second-order valence-corrected chi connectivity index (χ2v) is 5.96. The molecule has 3 aromatic rings. The van der Waals surface area contributed by atoms with E-state index >= 15 is 0 Å². The van der Waals surface area contributed by atoms with Crippen molar-refractivity contribution in [2.75, 3.05) is 0 Å². The van der Waals surface area contributed by atoms with E-state index in [4.69, 9.17) is 11.6 Å². The zero-order valence-corrected chi connectivity index (χ0v) is 13.3. The summed E-state index contributed by atoms with van der Waals surface area (Å²) in [5, 5.41) is 10.6. The number of fused-ring (bicyclic) bond motifs is 1. The quantitative estimate of drug-likeness (QED) is 0.631. The smallest absolute Gasteiger partial charge is 0.101 e. The highest BCUT2D eigenvalue weighted by atomic mass is 79.9. The summed E-state index contributed by atoms with van der Waals surface area (Å²) in [4.78, 5) is 0. The Bertz CT molecular complexity index is 754. The fourth-order valence-electron chi connectivity index (χ4n) is 2.19. The molecule has 5 heteroatoms. The number of halogens is 2. The summed E-state index contributed by atoms with van der Waals surface area (Å²) in [5.41, 5.74) is 1.81. The lowest BCUT2D eigenvalue weighted by Gasteiger charge is -2.07. The monoisotopic (exact) mass is 349 g/mol. The summed E-state index contributed by atoms with van der Waals surface area (Å²) in [6.07, 6.45) is 2.73. The van der Waals surface area contributed by atoms with Crippen molar-refractivity contribution in [2.24, 2.45) is 0 Å². The molecule has 0 N–H and O–H groups in total. The molecule has 0 spiro atoms. The zero-order chi connectivity index (χ0) is 14.1. The van der Waals surface area contributed by atoms with Crippen LogP contribution in [0.15, 0.2) is 47.1 Å². The zero-order valence-electron chi connectivity index (χ0n) is 10.9. The van der Waals surface area contributed by atoms with Crippen LogP contribution in [0.3, 0.4) is 0 Å². The van der Waals surface area contributed by atoms with Gasteiger partial charge in [-0.15, -0.1) is 16.7 Å². The molecule has 0 aliphatic rings. The van der Waals surface area contributed by atoms with Crippen molar-refractivity contribution in [1.29, 1.82) is 0 Å². The molecule has 0 aliphatic heterocycles. The third-order valence-corrected chi connectivity index (χ3v) is 4.51. The number of alkyl halides is 1. The van der Waals surface area contributed by atoms with Crippen LogP contribution in [0.5, 0.6) is 0 Å². The molecule has 0 saturated heterocycles. The van der Waals surface area contributed by atoms with Gasteiger partial charge in [0, 0.05) is 9.86 Å². The van der Waals surface area contributed by atoms with Gasteiger partial charge in [-0.2, -0.15) is 0 Å². The second-order valence-electron chi connectivity index (χ2n) is 4.58. The molecule has 0 radical (unpaired) electrons. The highest BCUT2D eigenvalue weighted by molar-refractivity contribution is 9.10. The van der Waals surface area contributed by atoms with E-state index in [1.54, 1.807) is 4.68 Å². The predicted octanol–water partition coefficient (Wildman–Crippen LogP) is 4.87. The Hall–Kier alpha value is -1.39. The van der Waals surface area contributed by atoms with E-state index in [2.05, 4.69) is 38.4 Å². The average molecular weight is 351 g/mol. The average Bonchev–Trinajstić information content (AvgIpc) is 2.97. The number of hydrogen-bond acceptors (Lipinski definition) is 2. The van der Waals surface area contributed by atoms with Crippen molar-refractivity contribution in [3.8, 4) is 5.69 Å². The van der Waals surface area contributed by atoms with Crippen LogP contribution in [-0.2, 0) is 0 Å². The molecule has 1 aromatic heterocycles. The van der Waals surface area contributed by atoms with Gasteiger partial charge in [0.2, 0.25) is 0 Å². The van der Waals surface area contributed by atoms with Gasteiger partial charge in [-0.05, 0) is 23.9 Å². The SMILES string of the molecule is CCC(Cl)c1cn(-c2ccc(Br)c3ccccc23)nn1. The maximum atomic E-state index is 6.21. The van der Waals surface area contributed by atoms with Crippen molar-refractivity contribution in [3.63, 3.8) is 0 Å². The lowest BCUT2D eigenvalue weighted by molar-refractivity contribution is 0.789. The predicted molar refractivity (Wildman–Crippen MR) is 85.5 cm³/mol. The van der Waals surface area contributed by atoms with Gasteiger partial charge >= 0.3 is 0 Å². The molecular weight excluding hydrogens is 338 g/mol. The van der Waals surface area contributed by atoms with Gasteiger partial charge in [-0.3, -0.25) is 0 Å². The largest absolute Gasteiger partial charge is 0.220 e. The lowest BCUT2D eigenvalue weighted by atomic mass is 10.1. The van der Waals surface area contributed by atoms with Crippen molar-refractivity contribution in [1.82, 2.24) is 15.0 Å². The van der Waals surface area contributed by atoms with Gasteiger partial charge in [0.15, 0.2) is 0 Å². The summed E-state index contributed by atoms with van der Waals surface area (Å²) >= 11 is 9.79. The highest BCUT2D eigenvalue weighted by Crippen LogP contribution is 2.29. The third kappa shape index (κ3) is 2.34. The Balaban J connectivity index is 2.15. The number of nitrogens with zero attached hydrogens (tertiary/aromatic N) is 3. The molecule has 0 saturated carbocycles. The first kappa shape index (κ1) is 13.6. The second kappa shape index (κ2) is 5.54. The minimum atomic E-state index is -0.0922. The van der Waals surface area contributed by atoms with Crippen LogP contribution >= 0.6 is 27.5 Å². The van der Waals surface area contributed by atoms with Crippen LogP contribution in [0.4, 0.5) is 0 Å². The Labute approximate surface area is 130 Å². The van der Waals surface area contributed by atoms with E-state index in [9.17, 15) is 0 Å². The summed E-state index contributed by atoms with van der Waals surface area (Å²) in [7, 11) is 0. The molecule has 3 nitrogen and oxygen atoms in total. The fraction of sp³-hybridized carbons (Fsp3) is 0.200. The summed E-state index contributed by atoms with van der Waals surface area (Å²) in [6, 6.07) is 12.3. The van der Waals surface area contributed by atoms with E-state index < -0.39 is 0 Å². The number of hydrogen-bond donors (Lipinski definition) is 0. The molecule has 0 fully saturated rings. The number of benzene rings is 2. The highest BCUT2D eigenvalue weighted by Gasteiger charge is 2.12. The van der Waals surface area contributed by atoms with E-state index in [0.717, 1.165) is 33.0 Å². The van der Waals surface area contributed by atoms with Crippen molar-refractivity contribution in [3.05, 3.63) is 52.8 Å². The van der Waals surface area contributed by atoms with Gasteiger partial charge in [0.05, 0.1) is 17.3 Å². The minimum absolute atomic E-state index is 0.0922. The summed E-state index contributed by atoms with van der Waals surface area (Å²) < 4.78 is 2.86. The van der Waals surface area contributed by atoms with Gasteiger partial charge in [0.25, 0.3) is 0 Å². The molecule has 1 unspecified atom stereocenters. The third-order valence-electron chi connectivity index (χ3n) is 3.29. The molecule has 20 heavy (non-hydrogen) atoms. The first-order valence-corrected chi connectivity index (χ1v) is 7.67. The summed E-state index contributed by atoms with van der Waals surface area (Å²) in [5.74, 6) is 0. The molecule has 2 aromatic carbocycles. The molecule has 0 bridgehead atoms. The molecular formula is C15H13BrClN3. The van der Waals surface area contributed by atoms with E-state index in [1.165, 1.54) is 0 Å². The van der Waals surface area contributed by atoms with Gasteiger partial charge in [-0.1, -0.05) is 52.3 Å². The standard InChI is InChI=1S/C15H13BrClN3/c1-2-13(17)14-9-20(19-18-14)15-8-7-12(16)10-5-3-4-6-11(10)15/h3-9,13H,2H2,1H3. The minimum Gasteiger partial charge on any atom is -0.220 e. The van der Waals surface area contributed by atoms with E-state index in [0.29, 0.717) is 0 Å². The van der Waals surface area contributed by atoms with Crippen LogP contribution in [0.1, 0.15) is 24.4 Å². The lowest BCUT2D eigenvalue weighted by Crippen LogP contribution is -1.96. The van der Waals surface area contributed by atoms with Crippen LogP contribution in [0, 0.1) is 0 Å². The Morgan fingerprint density at radius 3 is 2.70 bits per heavy atom. The normalized spacial score (nSPS) is 12.8. The summed E-state index contributed by atoms with van der Waals surface area (Å²) in [6.45, 7) is 2.03. The maximum absolute atomic E-state index is 6.21. The van der Waals surface area contributed by atoms with Crippen molar-refractivity contribution < 1.29 is 0 Å². The fourth-order valence-corrected chi connectivity index (χ4v) is 2.77. The van der Waals surface area contributed by atoms with Crippen molar-refractivity contribution >= 4 is 38.3 Å². The molecule has 1 atom stereocenters. The Kier molecular flexibility index (Phi) is 3.76. The van der Waals surface area contributed by atoms with E-state index in [1.807, 2.05) is 37.4 Å².